The zero-order valence-electron chi connectivity index (χ0n) is 15.4. The number of para-hydroxylation sites is 1. The molecule has 7 nitrogen and oxygen atoms in total. The van der Waals surface area contributed by atoms with Crippen LogP contribution in [0.25, 0.3) is 0 Å². The van der Waals surface area contributed by atoms with E-state index in [0.717, 1.165) is 6.42 Å². The van der Waals surface area contributed by atoms with Gasteiger partial charge in [0.2, 0.25) is 11.8 Å². The van der Waals surface area contributed by atoms with Gasteiger partial charge in [-0.05, 0) is 31.4 Å². The standard InChI is InChI=1S/C19H26FN3O4/c1-2-3-10-14(16(20)18(25)22-27)19(26)23-12-7-11-15(23)17(24)21-13-8-5-4-6-9-13/h4-6,8-9,14-16,27H,2-3,7,10-12H2,1H3,(H,21,24)(H,22,25)/t14-,15+,16+/m1/s1. The molecule has 1 heterocycles. The molecule has 1 aromatic rings. The summed E-state index contributed by atoms with van der Waals surface area (Å²) in [6, 6.07) is 8.18. The summed E-state index contributed by atoms with van der Waals surface area (Å²) in [6.45, 7) is 2.23. The number of alkyl halides is 1. The Balaban J connectivity index is 2.12. The van der Waals surface area contributed by atoms with Crippen molar-refractivity contribution in [2.75, 3.05) is 11.9 Å². The quantitative estimate of drug-likeness (QED) is 0.477. The number of benzene rings is 1. The second kappa shape index (κ2) is 10.0. The van der Waals surface area contributed by atoms with E-state index in [1.807, 2.05) is 13.0 Å². The molecule has 0 radical (unpaired) electrons. The number of unbranched alkanes of at least 4 members (excludes halogenated alkanes) is 1. The molecule has 3 atom stereocenters. The first-order chi connectivity index (χ1) is 13.0. The molecular weight excluding hydrogens is 353 g/mol. The van der Waals surface area contributed by atoms with E-state index in [1.165, 1.54) is 10.4 Å². The smallest absolute Gasteiger partial charge is 0.278 e. The van der Waals surface area contributed by atoms with Crippen LogP contribution in [0.1, 0.15) is 39.0 Å². The Morgan fingerprint density at radius 3 is 2.63 bits per heavy atom. The minimum atomic E-state index is -2.16. The maximum atomic E-state index is 14.4. The lowest BCUT2D eigenvalue weighted by Gasteiger charge is -2.29. The van der Waals surface area contributed by atoms with E-state index in [4.69, 9.17) is 5.21 Å². The number of halogens is 1. The van der Waals surface area contributed by atoms with Gasteiger partial charge in [0.15, 0.2) is 6.17 Å². The van der Waals surface area contributed by atoms with Crippen LogP contribution in [0.3, 0.4) is 0 Å². The number of carbonyl (C=O) groups excluding carboxylic acids is 3. The third-order valence-corrected chi connectivity index (χ3v) is 4.78. The minimum Gasteiger partial charge on any atom is -0.330 e. The molecule has 1 saturated heterocycles. The first-order valence-electron chi connectivity index (χ1n) is 9.24. The Morgan fingerprint density at radius 2 is 2.00 bits per heavy atom. The first-order valence-corrected chi connectivity index (χ1v) is 9.24. The Hall–Kier alpha value is -2.48. The number of rotatable bonds is 8. The van der Waals surface area contributed by atoms with Crippen molar-refractivity contribution >= 4 is 23.4 Å². The zero-order chi connectivity index (χ0) is 19.8. The number of anilines is 1. The van der Waals surface area contributed by atoms with E-state index in [2.05, 4.69) is 5.32 Å². The molecular formula is C19H26FN3O4. The average molecular weight is 379 g/mol. The van der Waals surface area contributed by atoms with Gasteiger partial charge in [0.05, 0.1) is 5.92 Å². The fraction of sp³-hybridized carbons (Fsp3) is 0.526. The number of carbonyl (C=O) groups is 3. The normalized spacial score (nSPS) is 18.6. The Bertz CT molecular complexity index is 656. The van der Waals surface area contributed by atoms with Gasteiger partial charge >= 0.3 is 0 Å². The lowest BCUT2D eigenvalue weighted by molar-refractivity contribution is -0.148. The van der Waals surface area contributed by atoms with E-state index in [1.54, 1.807) is 24.3 Å². The van der Waals surface area contributed by atoms with Crippen LogP contribution in [0, 0.1) is 5.92 Å². The molecule has 0 aromatic heterocycles. The van der Waals surface area contributed by atoms with Gasteiger partial charge in [0, 0.05) is 12.2 Å². The Morgan fingerprint density at radius 1 is 1.30 bits per heavy atom. The third kappa shape index (κ3) is 5.26. The number of hydroxylamine groups is 1. The van der Waals surface area contributed by atoms with Crippen LogP contribution in [0.15, 0.2) is 30.3 Å². The molecule has 27 heavy (non-hydrogen) atoms. The summed E-state index contributed by atoms with van der Waals surface area (Å²) in [6.07, 6.45) is 0.413. The largest absolute Gasteiger partial charge is 0.330 e. The zero-order valence-corrected chi connectivity index (χ0v) is 15.4. The lowest BCUT2D eigenvalue weighted by Crippen LogP contribution is -2.49. The van der Waals surface area contributed by atoms with Crippen LogP contribution in [-0.2, 0) is 14.4 Å². The molecule has 0 spiro atoms. The molecule has 3 amide bonds. The average Bonchev–Trinajstić information content (AvgIpc) is 3.18. The van der Waals surface area contributed by atoms with Gasteiger partial charge in [-0.15, -0.1) is 0 Å². The second-order valence-corrected chi connectivity index (χ2v) is 6.67. The molecule has 0 aliphatic carbocycles. The third-order valence-electron chi connectivity index (χ3n) is 4.78. The summed E-state index contributed by atoms with van der Waals surface area (Å²) in [5.74, 6) is -3.36. The van der Waals surface area contributed by atoms with E-state index in [-0.39, 0.29) is 12.3 Å². The van der Waals surface area contributed by atoms with E-state index in [9.17, 15) is 18.8 Å². The van der Waals surface area contributed by atoms with Crippen LogP contribution < -0.4 is 10.8 Å². The number of hydrogen-bond donors (Lipinski definition) is 3. The molecule has 0 unspecified atom stereocenters. The highest BCUT2D eigenvalue weighted by atomic mass is 19.1. The van der Waals surface area contributed by atoms with Gasteiger partial charge in [-0.1, -0.05) is 38.0 Å². The maximum Gasteiger partial charge on any atom is 0.278 e. The van der Waals surface area contributed by atoms with Crippen molar-refractivity contribution in [3.63, 3.8) is 0 Å². The Kier molecular flexibility index (Phi) is 7.72. The predicted molar refractivity (Wildman–Crippen MR) is 97.6 cm³/mol. The molecule has 3 N–H and O–H groups in total. The number of nitrogens with one attached hydrogen (secondary N) is 2. The number of nitrogens with zero attached hydrogens (tertiary/aromatic N) is 1. The first kappa shape index (κ1) is 20.8. The minimum absolute atomic E-state index is 0.174. The molecule has 0 bridgehead atoms. The fourth-order valence-electron chi connectivity index (χ4n) is 3.33. The van der Waals surface area contributed by atoms with Gasteiger partial charge in [-0.2, -0.15) is 0 Å². The van der Waals surface area contributed by atoms with Crippen molar-refractivity contribution in [3.05, 3.63) is 30.3 Å². The number of hydrogen-bond acceptors (Lipinski definition) is 4. The van der Waals surface area contributed by atoms with Crippen molar-refractivity contribution in [1.82, 2.24) is 10.4 Å². The summed E-state index contributed by atoms with van der Waals surface area (Å²) in [5.41, 5.74) is 1.89. The Labute approximate surface area is 157 Å². The fourth-order valence-corrected chi connectivity index (χ4v) is 3.33. The topological polar surface area (TPSA) is 98.7 Å². The lowest BCUT2D eigenvalue weighted by atomic mass is 9.94. The molecule has 1 aliphatic heterocycles. The summed E-state index contributed by atoms with van der Waals surface area (Å²) in [4.78, 5) is 38.4. The van der Waals surface area contributed by atoms with Crippen molar-refractivity contribution in [2.45, 2.75) is 51.2 Å². The van der Waals surface area contributed by atoms with Crippen molar-refractivity contribution in [2.24, 2.45) is 5.92 Å². The van der Waals surface area contributed by atoms with Crippen molar-refractivity contribution in [3.8, 4) is 0 Å². The van der Waals surface area contributed by atoms with Crippen molar-refractivity contribution in [1.29, 1.82) is 0 Å². The molecule has 8 heteroatoms. The molecule has 148 valence electrons. The summed E-state index contributed by atoms with van der Waals surface area (Å²) >= 11 is 0. The molecule has 1 aliphatic rings. The highest BCUT2D eigenvalue weighted by molar-refractivity contribution is 5.98. The van der Waals surface area contributed by atoms with Crippen LogP contribution in [0.2, 0.25) is 0 Å². The molecule has 2 rings (SSSR count). The van der Waals surface area contributed by atoms with Crippen LogP contribution in [0.4, 0.5) is 10.1 Å². The van der Waals surface area contributed by atoms with Gasteiger partial charge in [0.1, 0.15) is 6.04 Å². The SMILES string of the molecule is CCCC[C@@H](C(=O)N1CCC[C@H]1C(=O)Nc1ccccc1)[C@H](F)C(=O)NO. The van der Waals surface area contributed by atoms with Crippen LogP contribution in [-0.4, -0.2) is 46.6 Å². The molecule has 1 aromatic carbocycles. The maximum absolute atomic E-state index is 14.4. The summed E-state index contributed by atoms with van der Waals surface area (Å²) in [5, 5.41) is 11.5. The van der Waals surface area contributed by atoms with Gasteiger partial charge in [-0.3, -0.25) is 19.6 Å². The predicted octanol–water partition coefficient (Wildman–Crippen LogP) is 2.27. The summed E-state index contributed by atoms with van der Waals surface area (Å²) < 4.78 is 14.4. The highest BCUT2D eigenvalue weighted by Gasteiger charge is 2.41. The number of amides is 3. The van der Waals surface area contributed by atoms with Gasteiger partial charge < -0.3 is 10.2 Å². The number of likely N-dealkylation sites (tertiary alicyclic amines) is 1. The van der Waals surface area contributed by atoms with Crippen LogP contribution >= 0.6 is 0 Å². The molecule has 1 fully saturated rings. The second-order valence-electron chi connectivity index (χ2n) is 6.67. The van der Waals surface area contributed by atoms with Crippen molar-refractivity contribution < 1.29 is 24.0 Å². The van der Waals surface area contributed by atoms with Crippen LogP contribution in [0.5, 0.6) is 0 Å². The van der Waals surface area contributed by atoms with Gasteiger partial charge in [-0.25, -0.2) is 9.87 Å². The molecule has 0 saturated carbocycles. The van der Waals surface area contributed by atoms with Gasteiger partial charge in [0.25, 0.3) is 5.91 Å². The monoisotopic (exact) mass is 379 g/mol. The van der Waals surface area contributed by atoms with E-state index >= 15 is 0 Å². The van der Waals surface area contributed by atoms with E-state index in [0.29, 0.717) is 31.5 Å². The highest BCUT2D eigenvalue weighted by Crippen LogP contribution is 2.26. The van der Waals surface area contributed by atoms with E-state index < -0.39 is 29.9 Å². The summed E-state index contributed by atoms with van der Waals surface area (Å²) in [7, 11) is 0.